The maximum atomic E-state index is 15.5. The molecule has 2 unspecified atom stereocenters. The van der Waals surface area contributed by atoms with E-state index >= 15 is 4.39 Å². The molecule has 2 aromatic carbocycles. The summed E-state index contributed by atoms with van der Waals surface area (Å²) in [5.74, 6) is -0.162. The Morgan fingerprint density at radius 1 is 1.09 bits per heavy atom. The van der Waals surface area contributed by atoms with Crippen LogP contribution in [0.25, 0.3) is 16.6 Å². The predicted molar refractivity (Wildman–Crippen MR) is 123 cm³/mol. The quantitative estimate of drug-likeness (QED) is 0.485. The molecule has 8 nitrogen and oxygen atoms in total. The number of rotatable bonds is 2. The Kier molecular flexibility index (Phi) is 4.46. The fourth-order valence-corrected chi connectivity index (χ4v) is 5.13. The van der Waals surface area contributed by atoms with E-state index in [1.807, 2.05) is 23.1 Å². The van der Waals surface area contributed by atoms with Crippen LogP contribution in [0.2, 0.25) is 0 Å². The van der Waals surface area contributed by atoms with Crippen molar-refractivity contribution >= 4 is 22.5 Å². The summed E-state index contributed by atoms with van der Waals surface area (Å²) in [6.07, 6.45) is 2.98. The molecule has 33 heavy (non-hydrogen) atoms. The largest absolute Gasteiger partial charge is 0.451 e. The number of amides is 1. The molecule has 1 aromatic heterocycles. The van der Waals surface area contributed by atoms with Gasteiger partial charge in [0.25, 0.3) is 5.91 Å². The van der Waals surface area contributed by atoms with Crippen LogP contribution in [0.3, 0.4) is 0 Å². The van der Waals surface area contributed by atoms with Gasteiger partial charge >= 0.3 is 0 Å². The van der Waals surface area contributed by atoms with E-state index in [9.17, 15) is 9.59 Å². The van der Waals surface area contributed by atoms with Gasteiger partial charge in [0.15, 0.2) is 17.3 Å². The Morgan fingerprint density at radius 3 is 2.58 bits per heavy atom. The number of nitrogens with two attached hydrogens (primary N) is 2. The Bertz CT molecular complexity index is 1370. The molecule has 3 aliphatic rings. The standard InChI is InChI=1S/C24H24FN5O3/c25-17-9-15-20-23(21(17)28-7-5-13(26)10-28)33-19-4-2-1-3-18(19)30(20)12-16(22(15)31)24(32)29-8-6-14(27)11-29/h1-4,9,12-14H,5-8,10-11,26-27H2. The zero-order chi connectivity index (χ0) is 22.9. The van der Waals surface area contributed by atoms with Gasteiger partial charge in [0, 0.05) is 44.5 Å². The van der Waals surface area contributed by atoms with Crippen molar-refractivity contribution in [2.75, 3.05) is 31.1 Å². The maximum Gasteiger partial charge on any atom is 0.259 e. The third kappa shape index (κ3) is 3.03. The van der Waals surface area contributed by atoms with E-state index in [-0.39, 0.29) is 34.7 Å². The summed E-state index contributed by atoms with van der Waals surface area (Å²) < 4.78 is 23.5. The van der Waals surface area contributed by atoms with Crippen molar-refractivity contribution in [1.82, 2.24) is 9.47 Å². The second kappa shape index (κ2) is 7.29. The molecule has 0 radical (unpaired) electrons. The number of carbonyl (C=O) groups excluding carboxylic acids is 1. The van der Waals surface area contributed by atoms with E-state index in [1.165, 1.54) is 6.07 Å². The lowest BCUT2D eigenvalue weighted by atomic mass is 10.1. The third-order valence-electron chi connectivity index (χ3n) is 6.79. The van der Waals surface area contributed by atoms with Crippen molar-refractivity contribution in [3.63, 3.8) is 0 Å². The van der Waals surface area contributed by atoms with Gasteiger partial charge in [-0.2, -0.15) is 0 Å². The third-order valence-corrected chi connectivity index (χ3v) is 6.79. The van der Waals surface area contributed by atoms with Crippen LogP contribution in [0, 0.1) is 5.82 Å². The maximum absolute atomic E-state index is 15.5. The van der Waals surface area contributed by atoms with Gasteiger partial charge in [-0.1, -0.05) is 12.1 Å². The van der Waals surface area contributed by atoms with Crippen molar-refractivity contribution in [3.05, 3.63) is 58.1 Å². The van der Waals surface area contributed by atoms with Crippen LogP contribution in [0.1, 0.15) is 23.2 Å². The Balaban J connectivity index is 1.62. The second-order valence-electron chi connectivity index (χ2n) is 9.04. The van der Waals surface area contributed by atoms with E-state index in [0.717, 1.165) is 6.42 Å². The number of aromatic nitrogens is 1. The van der Waals surface area contributed by atoms with Gasteiger partial charge < -0.3 is 30.6 Å². The molecule has 0 spiro atoms. The van der Waals surface area contributed by atoms with E-state index < -0.39 is 11.2 Å². The molecule has 6 rings (SSSR count). The van der Waals surface area contributed by atoms with Crippen LogP contribution in [-0.2, 0) is 0 Å². The number of fused-ring (bicyclic) bond motifs is 2. The van der Waals surface area contributed by atoms with Gasteiger partial charge in [-0.05, 0) is 31.0 Å². The van der Waals surface area contributed by atoms with Gasteiger partial charge in [-0.25, -0.2) is 4.39 Å². The monoisotopic (exact) mass is 449 g/mol. The van der Waals surface area contributed by atoms with Crippen molar-refractivity contribution in [2.24, 2.45) is 11.5 Å². The van der Waals surface area contributed by atoms with Crippen molar-refractivity contribution in [3.8, 4) is 17.2 Å². The lowest BCUT2D eigenvalue weighted by Crippen LogP contribution is -2.35. The second-order valence-corrected chi connectivity index (χ2v) is 9.04. The Morgan fingerprint density at radius 2 is 1.85 bits per heavy atom. The first-order valence-electron chi connectivity index (χ1n) is 11.2. The summed E-state index contributed by atoms with van der Waals surface area (Å²) in [7, 11) is 0. The fourth-order valence-electron chi connectivity index (χ4n) is 5.13. The van der Waals surface area contributed by atoms with E-state index in [0.29, 0.717) is 55.2 Å². The molecule has 2 fully saturated rings. The molecular formula is C24H24FN5O3. The minimum Gasteiger partial charge on any atom is -0.451 e. The molecule has 0 aliphatic carbocycles. The molecular weight excluding hydrogens is 425 g/mol. The van der Waals surface area contributed by atoms with Gasteiger partial charge in [-0.3, -0.25) is 9.59 Å². The average molecular weight is 449 g/mol. The summed E-state index contributed by atoms with van der Waals surface area (Å²) in [6, 6.07) is 8.36. The molecule has 2 saturated heterocycles. The number of ether oxygens (including phenoxy) is 1. The van der Waals surface area contributed by atoms with Crippen LogP contribution in [-0.4, -0.2) is 53.6 Å². The number of pyridine rings is 1. The highest BCUT2D eigenvalue weighted by atomic mass is 19.1. The average Bonchev–Trinajstić information content (AvgIpc) is 3.43. The van der Waals surface area contributed by atoms with Crippen LogP contribution < -0.4 is 26.5 Å². The van der Waals surface area contributed by atoms with Crippen molar-refractivity contribution in [2.45, 2.75) is 24.9 Å². The minimum atomic E-state index is -0.567. The number of nitrogens with zero attached hydrogens (tertiary/aromatic N) is 3. The number of hydrogen-bond acceptors (Lipinski definition) is 6. The number of para-hydroxylation sites is 2. The summed E-state index contributed by atoms with van der Waals surface area (Å²) in [4.78, 5) is 30.2. The van der Waals surface area contributed by atoms with Crippen LogP contribution in [0.5, 0.6) is 11.5 Å². The van der Waals surface area contributed by atoms with Crippen LogP contribution in [0.15, 0.2) is 41.3 Å². The SMILES string of the molecule is NC1CCN(C(=O)c2cn3c4c(c(N5CCC(N)C5)c(F)cc4c2=O)Oc2ccccc2-3)C1. The first-order chi connectivity index (χ1) is 15.9. The zero-order valence-corrected chi connectivity index (χ0v) is 18.0. The highest BCUT2D eigenvalue weighted by Crippen LogP contribution is 2.47. The van der Waals surface area contributed by atoms with E-state index in [2.05, 4.69) is 0 Å². The van der Waals surface area contributed by atoms with Crippen molar-refractivity contribution < 1.29 is 13.9 Å². The number of hydrogen-bond donors (Lipinski definition) is 2. The van der Waals surface area contributed by atoms with Crippen LogP contribution >= 0.6 is 0 Å². The summed E-state index contributed by atoms with van der Waals surface area (Å²) in [5.41, 5.74) is 12.9. The number of likely N-dealkylation sites (tertiary alicyclic amines) is 1. The molecule has 0 saturated carbocycles. The topological polar surface area (TPSA) is 107 Å². The highest BCUT2D eigenvalue weighted by molar-refractivity contribution is 6.01. The molecule has 1 amide bonds. The lowest BCUT2D eigenvalue weighted by Gasteiger charge is -2.29. The number of halogens is 1. The smallest absolute Gasteiger partial charge is 0.259 e. The van der Waals surface area contributed by atoms with Gasteiger partial charge in [0.1, 0.15) is 16.8 Å². The summed E-state index contributed by atoms with van der Waals surface area (Å²) in [6.45, 7) is 1.97. The van der Waals surface area contributed by atoms with Crippen LogP contribution in [0.4, 0.5) is 10.1 Å². The van der Waals surface area contributed by atoms with Gasteiger partial charge in [0.2, 0.25) is 5.43 Å². The lowest BCUT2D eigenvalue weighted by molar-refractivity contribution is 0.0789. The number of carbonyl (C=O) groups is 1. The molecule has 4 N–H and O–H groups in total. The Labute approximate surface area is 189 Å². The normalized spacial score (nSPS) is 21.4. The molecule has 2 atom stereocenters. The molecule has 3 aromatic rings. The summed E-state index contributed by atoms with van der Waals surface area (Å²) >= 11 is 0. The first kappa shape index (κ1) is 20.2. The number of benzene rings is 2. The Hall–Kier alpha value is -3.43. The van der Waals surface area contributed by atoms with Crippen molar-refractivity contribution in [1.29, 1.82) is 0 Å². The minimum absolute atomic E-state index is 0.00500. The number of anilines is 1. The zero-order valence-electron chi connectivity index (χ0n) is 18.0. The molecule has 4 heterocycles. The predicted octanol–water partition coefficient (Wildman–Crippen LogP) is 1.95. The molecule has 170 valence electrons. The summed E-state index contributed by atoms with van der Waals surface area (Å²) in [5, 5.41) is 0.110. The highest BCUT2D eigenvalue weighted by Gasteiger charge is 2.34. The molecule has 0 bridgehead atoms. The van der Waals surface area contributed by atoms with E-state index in [1.54, 1.807) is 21.7 Å². The van der Waals surface area contributed by atoms with E-state index in [4.69, 9.17) is 16.2 Å². The molecule has 3 aliphatic heterocycles. The first-order valence-corrected chi connectivity index (χ1v) is 11.2. The molecule has 9 heteroatoms. The fraction of sp³-hybridized carbons (Fsp3) is 0.333. The van der Waals surface area contributed by atoms with Gasteiger partial charge in [-0.15, -0.1) is 0 Å². The van der Waals surface area contributed by atoms with Gasteiger partial charge in [0.05, 0.1) is 11.1 Å².